The highest BCUT2D eigenvalue weighted by Crippen LogP contribution is 2.33. The van der Waals surface area contributed by atoms with E-state index in [1.54, 1.807) is 24.3 Å². The number of unbranched alkanes of at least 4 members (excludes halogenated alkanes) is 1. The van der Waals surface area contributed by atoms with Crippen LogP contribution in [0.2, 0.25) is 0 Å². The fourth-order valence-electron chi connectivity index (χ4n) is 2.83. The van der Waals surface area contributed by atoms with Gasteiger partial charge in [-0.1, -0.05) is 25.5 Å². The van der Waals surface area contributed by atoms with Crippen molar-refractivity contribution in [3.05, 3.63) is 53.6 Å². The molecule has 7 heteroatoms. The summed E-state index contributed by atoms with van der Waals surface area (Å²) in [6.07, 6.45) is 2.05. The van der Waals surface area contributed by atoms with Crippen LogP contribution in [0.1, 0.15) is 35.7 Å². The van der Waals surface area contributed by atoms with Crippen LogP contribution in [0.5, 0.6) is 17.2 Å². The first-order valence-corrected chi connectivity index (χ1v) is 9.82. The van der Waals surface area contributed by atoms with E-state index in [0.29, 0.717) is 43.4 Å². The second kappa shape index (κ2) is 10.4. The number of carbonyl (C=O) groups is 2. The molecular formula is C22H26N2O5. The van der Waals surface area contributed by atoms with Gasteiger partial charge in [-0.15, -0.1) is 0 Å². The molecule has 0 unspecified atom stereocenters. The van der Waals surface area contributed by atoms with Crippen LogP contribution in [0.15, 0.2) is 42.5 Å². The van der Waals surface area contributed by atoms with Crippen molar-refractivity contribution in [1.29, 1.82) is 0 Å². The predicted molar refractivity (Wildman–Crippen MR) is 108 cm³/mol. The maximum absolute atomic E-state index is 12.2. The van der Waals surface area contributed by atoms with Gasteiger partial charge >= 0.3 is 0 Å². The van der Waals surface area contributed by atoms with Gasteiger partial charge in [0.25, 0.3) is 5.91 Å². The minimum atomic E-state index is -0.311. The Labute approximate surface area is 170 Å². The SMILES string of the molecule is CCCCOc1ccc(C(=O)NCC(=O)NCc2cccc3c2OCCO3)cc1. The summed E-state index contributed by atoms with van der Waals surface area (Å²) in [4.78, 5) is 24.3. The molecular weight excluding hydrogens is 372 g/mol. The van der Waals surface area contributed by atoms with Crippen molar-refractivity contribution in [3.8, 4) is 17.2 Å². The Balaban J connectivity index is 1.44. The predicted octanol–water partition coefficient (Wildman–Crippen LogP) is 2.68. The lowest BCUT2D eigenvalue weighted by Crippen LogP contribution is -2.36. The van der Waals surface area contributed by atoms with Crippen LogP contribution < -0.4 is 24.8 Å². The normalized spacial score (nSPS) is 12.2. The Morgan fingerprint density at radius 2 is 1.83 bits per heavy atom. The lowest BCUT2D eigenvalue weighted by molar-refractivity contribution is -0.120. The third kappa shape index (κ3) is 5.88. The smallest absolute Gasteiger partial charge is 0.251 e. The third-order valence-corrected chi connectivity index (χ3v) is 4.42. The van der Waals surface area contributed by atoms with Crippen LogP contribution in [-0.2, 0) is 11.3 Å². The zero-order valence-electron chi connectivity index (χ0n) is 16.5. The van der Waals surface area contributed by atoms with E-state index >= 15 is 0 Å². The monoisotopic (exact) mass is 398 g/mol. The second-order valence-corrected chi connectivity index (χ2v) is 6.63. The topological polar surface area (TPSA) is 85.9 Å². The number of hydrogen-bond donors (Lipinski definition) is 2. The van der Waals surface area contributed by atoms with E-state index < -0.39 is 0 Å². The number of fused-ring (bicyclic) bond motifs is 1. The van der Waals surface area contributed by atoms with Gasteiger partial charge < -0.3 is 24.8 Å². The Bertz CT molecular complexity index is 836. The van der Waals surface area contributed by atoms with E-state index in [0.717, 1.165) is 24.2 Å². The fraction of sp³-hybridized carbons (Fsp3) is 0.364. The molecule has 0 fully saturated rings. The molecule has 2 aromatic carbocycles. The van der Waals surface area contributed by atoms with E-state index in [4.69, 9.17) is 14.2 Å². The van der Waals surface area contributed by atoms with Crippen LogP contribution in [-0.4, -0.2) is 38.2 Å². The summed E-state index contributed by atoms with van der Waals surface area (Å²) in [5.74, 6) is 1.47. The molecule has 0 atom stereocenters. The first-order valence-electron chi connectivity index (χ1n) is 9.82. The molecule has 0 bridgehead atoms. The van der Waals surface area contributed by atoms with E-state index in [9.17, 15) is 9.59 Å². The lowest BCUT2D eigenvalue weighted by Gasteiger charge is -2.21. The minimum absolute atomic E-state index is 0.111. The van der Waals surface area contributed by atoms with Crippen molar-refractivity contribution in [1.82, 2.24) is 10.6 Å². The van der Waals surface area contributed by atoms with Gasteiger partial charge in [0.15, 0.2) is 11.5 Å². The number of benzene rings is 2. The summed E-state index contributed by atoms with van der Waals surface area (Å²) in [6, 6.07) is 12.4. The van der Waals surface area contributed by atoms with E-state index in [-0.39, 0.29) is 18.4 Å². The van der Waals surface area contributed by atoms with Gasteiger partial charge in [0, 0.05) is 17.7 Å². The molecule has 1 aliphatic heterocycles. The number of para-hydroxylation sites is 1. The summed E-state index contributed by atoms with van der Waals surface area (Å²) < 4.78 is 16.7. The Kier molecular flexibility index (Phi) is 7.33. The molecule has 2 N–H and O–H groups in total. The molecule has 3 rings (SSSR count). The molecule has 7 nitrogen and oxygen atoms in total. The highest BCUT2D eigenvalue weighted by Gasteiger charge is 2.16. The maximum Gasteiger partial charge on any atom is 0.251 e. The first kappa shape index (κ1) is 20.5. The van der Waals surface area contributed by atoms with Crippen molar-refractivity contribution >= 4 is 11.8 Å². The largest absolute Gasteiger partial charge is 0.494 e. The number of ether oxygens (including phenoxy) is 3. The Hall–Kier alpha value is -3.22. The van der Waals surface area contributed by atoms with E-state index in [1.807, 2.05) is 18.2 Å². The zero-order chi connectivity index (χ0) is 20.5. The molecule has 154 valence electrons. The summed E-state index contributed by atoms with van der Waals surface area (Å²) in [7, 11) is 0. The lowest BCUT2D eigenvalue weighted by atomic mass is 10.1. The Morgan fingerprint density at radius 3 is 2.62 bits per heavy atom. The summed E-state index contributed by atoms with van der Waals surface area (Å²) in [6.45, 7) is 3.94. The maximum atomic E-state index is 12.2. The van der Waals surface area contributed by atoms with Crippen LogP contribution in [0, 0.1) is 0 Å². The van der Waals surface area contributed by atoms with Gasteiger partial charge in [0.2, 0.25) is 5.91 Å². The average molecular weight is 398 g/mol. The molecule has 29 heavy (non-hydrogen) atoms. The summed E-state index contributed by atoms with van der Waals surface area (Å²) in [5.41, 5.74) is 1.31. The quantitative estimate of drug-likeness (QED) is 0.635. The Morgan fingerprint density at radius 1 is 1.03 bits per heavy atom. The van der Waals surface area contributed by atoms with Crippen LogP contribution >= 0.6 is 0 Å². The van der Waals surface area contributed by atoms with Crippen molar-refractivity contribution in [2.75, 3.05) is 26.4 Å². The van der Waals surface area contributed by atoms with E-state index in [1.165, 1.54) is 0 Å². The highest BCUT2D eigenvalue weighted by molar-refractivity contribution is 5.96. The summed E-state index contributed by atoms with van der Waals surface area (Å²) in [5, 5.41) is 5.41. The van der Waals surface area contributed by atoms with Crippen molar-refractivity contribution in [2.24, 2.45) is 0 Å². The molecule has 0 aliphatic carbocycles. The molecule has 2 amide bonds. The molecule has 0 saturated heterocycles. The average Bonchev–Trinajstić information content (AvgIpc) is 2.76. The minimum Gasteiger partial charge on any atom is -0.494 e. The van der Waals surface area contributed by atoms with Gasteiger partial charge in [-0.3, -0.25) is 9.59 Å². The number of nitrogens with one attached hydrogen (secondary N) is 2. The molecule has 0 radical (unpaired) electrons. The van der Waals surface area contributed by atoms with Crippen LogP contribution in [0.25, 0.3) is 0 Å². The number of hydrogen-bond acceptors (Lipinski definition) is 5. The number of rotatable bonds is 9. The van der Waals surface area contributed by atoms with Gasteiger partial charge in [-0.2, -0.15) is 0 Å². The molecule has 0 spiro atoms. The zero-order valence-corrected chi connectivity index (χ0v) is 16.5. The second-order valence-electron chi connectivity index (χ2n) is 6.63. The number of amides is 2. The standard InChI is InChI=1S/C22H26N2O5/c1-2-3-11-27-18-9-7-16(8-10-18)22(26)24-15-20(25)23-14-17-5-4-6-19-21(17)29-13-12-28-19/h4-10H,2-3,11-15H2,1H3,(H,23,25)(H,24,26). The highest BCUT2D eigenvalue weighted by atomic mass is 16.6. The van der Waals surface area contributed by atoms with Gasteiger partial charge in [-0.05, 0) is 36.8 Å². The third-order valence-electron chi connectivity index (χ3n) is 4.42. The van der Waals surface area contributed by atoms with Gasteiger partial charge in [-0.25, -0.2) is 0 Å². The van der Waals surface area contributed by atoms with Gasteiger partial charge in [0.05, 0.1) is 13.2 Å². The molecule has 0 aromatic heterocycles. The van der Waals surface area contributed by atoms with Crippen LogP contribution in [0.4, 0.5) is 0 Å². The van der Waals surface area contributed by atoms with Crippen molar-refractivity contribution in [3.63, 3.8) is 0 Å². The molecule has 1 aliphatic rings. The van der Waals surface area contributed by atoms with E-state index in [2.05, 4.69) is 17.6 Å². The molecule has 1 heterocycles. The first-order chi connectivity index (χ1) is 14.2. The van der Waals surface area contributed by atoms with Crippen LogP contribution in [0.3, 0.4) is 0 Å². The van der Waals surface area contributed by atoms with Gasteiger partial charge in [0.1, 0.15) is 19.0 Å². The molecule has 0 saturated carbocycles. The van der Waals surface area contributed by atoms with Crippen molar-refractivity contribution in [2.45, 2.75) is 26.3 Å². The van der Waals surface area contributed by atoms with Crippen molar-refractivity contribution < 1.29 is 23.8 Å². The summed E-state index contributed by atoms with van der Waals surface area (Å²) >= 11 is 0. The number of carbonyl (C=O) groups excluding carboxylic acids is 2. The molecule has 2 aromatic rings. The fourth-order valence-corrected chi connectivity index (χ4v) is 2.83.